The molecule has 0 N–H and O–H groups in total. The molecule has 0 heterocycles. The number of hydrogen-bond acceptors (Lipinski definition) is 8. The Morgan fingerprint density at radius 2 is 0.593 bits per heavy atom. The summed E-state index contributed by atoms with van der Waals surface area (Å²) in [6.07, 6.45) is 85.7. The third kappa shape index (κ3) is 71.6. The van der Waals surface area contributed by atoms with Crippen LogP contribution in [0.1, 0.15) is 399 Å². The maximum Gasteiger partial charge on any atom is 0.306 e. The van der Waals surface area contributed by atoms with Crippen LogP contribution in [0.4, 0.5) is 0 Å². The van der Waals surface area contributed by atoms with Gasteiger partial charge in [-0.15, -0.1) is 0 Å². The third-order valence-electron chi connectivity index (χ3n) is 17.4. The highest BCUT2D eigenvalue weighted by atomic mass is 31.2. The lowest BCUT2D eigenvalue weighted by Crippen LogP contribution is -2.37. The van der Waals surface area contributed by atoms with Crippen LogP contribution in [-0.2, 0) is 32.7 Å². The summed E-state index contributed by atoms with van der Waals surface area (Å²) in [5.41, 5.74) is 0. The van der Waals surface area contributed by atoms with E-state index < -0.39 is 26.5 Å². The van der Waals surface area contributed by atoms with Crippen molar-refractivity contribution in [2.24, 2.45) is 0 Å². The van der Waals surface area contributed by atoms with Crippen LogP contribution in [0.2, 0.25) is 0 Å². The molecule has 0 bridgehead atoms. The van der Waals surface area contributed by atoms with Gasteiger partial charge in [-0.2, -0.15) is 0 Å². The number of likely N-dealkylation sites (N-methyl/N-ethyl adjacent to an activating group) is 1. The van der Waals surface area contributed by atoms with Crippen molar-refractivity contribution < 1.29 is 42.1 Å². The molecule has 10 heteroatoms. The average molecular weight is 1230 g/mol. The van der Waals surface area contributed by atoms with Crippen LogP contribution in [0.25, 0.3) is 0 Å². The number of esters is 2. The number of phosphoric acid groups is 1. The highest BCUT2D eigenvalue weighted by molar-refractivity contribution is 7.45. The van der Waals surface area contributed by atoms with Gasteiger partial charge in [0.05, 0.1) is 27.7 Å². The van der Waals surface area contributed by atoms with Crippen LogP contribution in [0.3, 0.4) is 0 Å². The van der Waals surface area contributed by atoms with Crippen LogP contribution in [0.15, 0.2) is 24.3 Å². The van der Waals surface area contributed by atoms with Crippen LogP contribution in [0, 0.1) is 0 Å². The molecule has 2 atom stereocenters. The number of allylic oxidation sites excluding steroid dienone is 4. The quantitative estimate of drug-likeness (QED) is 0.0195. The fourth-order valence-electron chi connectivity index (χ4n) is 11.6. The van der Waals surface area contributed by atoms with Crippen molar-refractivity contribution >= 4 is 19.8 Å². The van der Waals surface area contributed by atoms with E-state index in [4.69, 9.17) is 18.5 Å². The van der Waals surface area contributed by atoms with E-state index in [0.29, 0.717) is 17.4 Å². The Kier molecular flexibility index (Phi) is 66.7. The second-order valence-corrected chi connectivity index (χ2v) is 28.8. The topological polar surface area (TPSA) is 111 Å². The van der Waals surface area contributed by atoms with E-state index in [9.17, 15) is 19.0 Å². The smallest absolute Gasteiger partial charge is 0.306 e. The fourth-order valence-corrected chi connectivity index (χ4v) is 12.3. The Morgan fingerprint density at radius 1 is 0.349 bits per heavy atom. The number of hydrogen-bond donors (Lipinski definition) is 0. The molecule has 0 aromatic carbocycles. The Balaban J connectivity index is 3.94. The van der Waals surface area contributed by atoms with Crippen LogP contribution in [-0.4, -0.2) is 70.0 Å². The summed E-state index contributed by atoms with van der Waals surface area (Å²) in [5, 5.41) is 0. The minimum Gasteiger partial charge on any atom is -0.756 e. The number of nitrogens with zero attached hydrogens (tertiary/aromatic N) is 1. The normalized spacial score (nSPS) is 13.1. The van der Waals surface area contributed by atoms with Gasteiger partial charge in [0.2, 0.25) is 0 Å². The molecule has 0 saturated carbocycles. The van der Waals surface area contributed by atoms with Gasteiger partial charge in [-0.05, 0) is 64.2 Å². The van der Waals surface area contributed by atoms with Crippen molar-refractivity contribution in [3.05, 3.63) is 24.3 Å². The van der Waals surface area contributed by atoms with Crippen molar-refractivity contribution in [2.45, 2.75) is 405 Å². The van der Waals surface area contributed by atoms with E-state index in [0.717, 1.165) is 32.1 Å². The Bertz CT molecular complexity index is 1500. The van der Waals surface area contributed by atoms with Gasteiger partial charge < -0.3 is 27.9 Å². The third-order valence-corrected chi connectivity index (χ3v) is 18.4. The minimum atomic E-state index is -4.64. The van der Waals surface area contributed by atoms with Gasteiger partial charge in [-0.25, -0.2) is 0 Å². The molecule has 0 amide bonds. The monoisotopic (exact) mass is 1230 g/mol. The van der Waals surface area contributed by atoms with Crippen LogP contribution >= 0.6 is 7.82 Å². The fraction of sp³-hybridized carbons (Fsp3) is 0.921. The molecule has 510 valence electrons. The Labute approximate surface area is 536 Å². The molecule has 0 fully saturated rings. The SMILES string of the molecule is CCCCCCCCCC/C=C\CCCCCCCCCCCCCCCCCCCCCC(=O)OCC(COP(=O)([O-])OCC[N+](C)(C)C)OC(=O)CCCCCCCCCCCCCCCCCCCCC/C=C\CCCCCCCCCC. The Hall–Kier alpha value is -1.51. The number of unbranched alkanes of at least 4 members (excludes halogenated alkanes) is 54. The molecular weight excluding hydrogens is 1090 g/mol. The summed E-state index contributed by atoms with van der Waals surface area (Å²) in [6.45, 7) is 4.32. The highest BCUT2D eigenvalue weighted by Crippen LogP contribution is 2.38. The van der Waals surface area contributed by atoms with Gasteiger partial charge in [-0.3, -0.25) is 14.2 Å². The predicted octanol–water partition coefficient (Wildman–Crippen LogP) is 24.2. The first kappa shape index (κ1) is 84.5. The van der Waals surface area contributed by atoms with Crippen molar-refractivity contribution in [1.82, 2.24) is 0 Å². The second kappa shape index (κ2) is 67.9. The molecule has 0 radical (unpaired) electrons. The lowest BCUT2D eigenvalue weighted by atomic mass is 10.0. The van der Waals surface area contributed by atoms with E-state index >= 15 is 0 Å². The zero-order valence-electron chi connectivity index (χ0n) is 58.3. The summed E-state index contributed by atoms with van der Waals surface area (Å²) in [7, 11) is 1.19. The minimum absolute atomic E-state index is 0.0268. The standard InChI is InChI=1S/C76H148NO8P/c1-6-8-10-12-14-16-18-20-22-24-26-28-30-32-34-36-38-40-42-44-46-48-50-52-54-56-58-60-62-64-66-68-75(78)82-72-74(73-84-86(80,81)83-71-70-77(3,4)5)85-76(79)69-67-65-63-61-59-57-55-53-51-49-47-45-43-41-39-37-35-33-31-29-27-25-23-21-19-17-15-13-11-9-7-2/h24-27,74H,6-23,28-73H2,1-5H3/b26-24-,27-25-. The maximum atomic E-state index is 12.9. The lowest BCUT2D eigenvalue weighted by molar-refractivity contribution is -0.870. The van der Waals surface area contributed by atoms with Crippen molar-refractivity contribution in [2.75, 3.05) is 47.5 Å². The largest absolute Gasteiger partial charge is 0.756 e. The average Bonchev–Trinajstić information content (AvgIpc) is 3.64. The van der Waals surface area contributed by atoms with Gasteiger partial charge in [0, 0.05) is 12.8 Å². The second-order valence-electron chi connectivity index (χ2n) is 27.4. The number of carbonyl (C=O) groups is 2. The van der Waals surface area contributed by atoms with Gasteiger partial charge in [0.25, 0.3) is 7.82 Å². The van der Waals surface area contributed by atoms with Crippen LogP contribution < -0.4 is 4.89 Å². The molecule has 0 aromatic rings. The summed E-state index contributed by atoms with van der Waals surface area (Å²) in [5.74, 6) is -0.807. The van der Waals surface area contributed by atoms with Crippen molar-refractivity contribution in [3.63, 3.8) is 0 Å². The maximum absolute atomic E-state index is 12.9. The lowest BCUT2D eigenvalue weighted by Gasteiger charge is -2.28. The first-order valence-corrected chi connectivity index (χ1v) is 39.5. The first-order chi connectivity index (χ1) is 42.0. The summed E-state index contributed by atoms with van der Waals surface area (Å²) in [6, 6.07) is 0. The molecule has 0 aromatic heterocycles. The molecule has 0 aliphatic heterocycles. The van der Waals surface area contributed by atoms with Gasteiger partial charge in [0.15, 0.2) is 6.10 Å². The molecule has 2 unspecified atom stereocenters. The Morgan fingerprint density at radius 3 is 0.860 bits per heavy atom. The molecule has 0 rings (SSSR count). The number of ether oxygens (including phenoxy) is 2. The number of rotatable bonds is 72. The zero-order valence-corrected chi connectivity index (χ0v) is 59.2. The van der Waals surface area contributed by atoms with E-state index in [2.05, 4.69) is 38.2 Å². The van der Waals surface area contributed by atoms with Gasteiger partial charge in [-0.1, -0.05) is 346 Å². The number of quaternary nitrogens is 1. The predicted molar refractivity (Wildman–Crippen MR) is 370 cm³/mol. The molecule has 0 aliphatic carbocycles. The van der Waals surface area contributed by atoms with Gasteiger partial charge >= 0.3 is 11.9 Å². The summed E-state index contributed by atoms with van der Waals surface area (Å²) >= 11 is 0. The molecular formula is C76H148NO8P. The van der Waals surface area contributed by atoms with Crippen LogP contribution in [0.5, 0.6) is 0 Å². The number of phosphoric ester groups is 1. The summed E-state index contributed by atoms with van der Waals surface area (Å²) < 4.78 is 34.4. The van der Waals surface area contributed by atoms with Crippen molar-refractivity contribution in [3.8, 4) is 0 Å². The molecule has 0 saturated heterocycles. The molecule has 0 spiro atoms. The highest BCUT2D eigenvalue weighted by Gasteiger charge is 2.22. The first-order valence-electron chi connectivity index (χ1n) is 38.0. The molecule has 0 aliphatic rings. The molecule has 9 nitrogen and oxygen atoms in total. The van der Waals surface area contributed by atoms with E-state index in [-0.39, 0.29) is 32.0 Å². The van der Waals surface area contributed by atoms with E-state index in [1.54, 1.807) is 0 Å². The van der Waals surface area contributed by atoms with Gasteiger partial charge in [0.1, 0.15) is 19.8 Å². The van der Waals surface area contributed by atoms with E-state index in [1.165, 1.54) is 334 Å². The van der Waals surface area contributed by atoms with E-state index in [1.807, 2.05) is 21.1 Å². The van der Waals surface area contributed by atoms with Crippen molar-refractivity contribution in [1.29, 1.82) is 0 Å². The summed E-state index contributed by atoms with van der Waals surface area (Å²) in [4.78, 5) is 38.1. The number of carbonyl (C=O) groups excluding carboxylic acids is 2. The molecule has 86 heavy (non-hydrogen) atoms. The zero-order chi connectivity index (χ0) is 62.6.